The zero-order valence-electron chi connectivity index (χ0n) is 13.5. The molecule has 0 radical (unpaired) electrons. The number of hydrogen-bond acceptors (Lipinski definition) is 4. The fraction of sp³-hybridized carbons (Fsp3) is 0.353. The Kier molecular flexibility index (Phi) is 3.01. The zero-order chi connectivity index (χ0) is 16.1. The number of imidazole rings is 1. The number of aryl methyl sites for hydroxylation is 1. The third-order valence-corrected chi connectivity index (χ3v) is 4.41. The summed E-state index contributed by atoms with van der Waals surface area (Å²) in [6.45, 7) is 5.41. The van der Waals surface area contributed by atoms with E-state index in [0.29, 0.717) is 18.2 Å². The van der Waals surface area contributed by atoms with Gasteiger partial charge in [0.2, 0.25) is 5.96 Å². The summed E-state index contributed by atoms with van der Waals surface area (Å²) in [5.74, 6) is 2.26. The van der Waals surface area contributed by atoms with Crippen molar-refractivity contribution < 1.29 is 4.79 Å². The first-order valence-corrected chi connectivity index (χ1v) is 7.80. The van der Waals surface area contributed by atoms with Crippen molar-refractivity contribution in [3.8, 4) is 0 Å². The van der Waals surface area contributed by atoms with Crippen molar-refractivity contribution >= 4 is 17.7 Å². The SMILES string of the molecule is Cc1nc2c(n1Cc1ccccc1)C(=O)N(C)C1=N[C@H](C)CN12. The van der Waals surface area contributed by atoms with E-state index in [1.165, 1.54) is 0 Å². The largest absolute Gasteiger partial charge is 0.318 e. The van der Waals surface area contributed by atoms with Crippen LogP contribution in [0.5, 0.6) is 0 Å². The first-order valence-electron chi connectivity index (χ1n) is 7.80. The molecule has 1 amide bonds. The minimum atomic E-state index is -0.0411. The Morgan fingerprint density at radius 2 is 2.00 bits per heavy atom. The smallest absolute Gasteiger partial charge is 0.280 e. The Labute approximate surface area is 135 Å². The highest BCUT2D eigenvalue weighted by atomic mass is 16.2. The van der Waals surface area contributed by atoms with Gasteiger partial charge in [-0.25, -0.2) is 9.98 Å². The number of aliphatic imine (C=N–C) groups is 1. The molecule has 0 spiro atoms. The van der Waals surface area contributed by atoms with Gasteiger partial charge < -0.3 is 4.57 Å². The lowest BCUT2D eigenvalue weighted by Crippen LogP contribution is -2.48. The van der Waals surface area contributed by atoms with Crippen LogP contribution in [0.4, 0.5) is 5.82 Å². The summed E-state index contributed by atoms with van der Waals surface area (Å²) in [4.78, 5) is 25.8. The minimum absolute atomic E-state index is 0.0411. The van der Waals surface area contributed by atoms with Crippen LogP contribution in [0.1, 0.15) is 28.8 Å². The lowest BCUT2D eigenvalue weighted by atomic mass is 10.2. The van der Waals surface area contributed by atoms with E-state index in [1.54, 1.807) is 11.9 Å². The Hall–Kier alpha value is -2.63. The molecule has 0 fully saturated rings. The molecular weight excluding hydrogens is 290 g/mol. The minimum Gasteiger partial charge on any atom is -0.318 e. The summed E-state index contributed by atoms with van der Waals surface area (Å²) < 4.78 is 2.00. The average molecular weight is 309 g/mol. The van der Waals surface area contributed by atoms with E-state index < -0.39 is 0 Å². The van der Waals surface area contributed by atoms with Crippen LogP contribution < -0.4 is 4.90 Å². The van der Waals surface area contributed by atoms with Crippen molar-refractivity contribution in [3.05, 3.63) is 47.4 Å². The van der Waals surface area contributed by atoms with E-state index in [1.807, 2.05) is 29.7 Å². The van der Waals surface area contributed by atoms with Gasteiger partial charge in [-0.1, -0.05) is 30.3 Å². The lowest BCUT2D eigenvalue weighted by molar-refractivity contribution is 0.0855. The molecule has 2 aliphatic heterocycles. The highest BCUT2D eigenvalue weighted by Gasteiger charge is 2.41. The van der Waals surface area contributed by atoms with Crippen LogP contribution >= 0.6 is 0 Å². The lowest BCUT2D eigenvalue weighted by Gasteiger charge is -2.31. The van der Waals surface area contributed by atoms with E-state index in [2.05, 4.69) is 33.9 Å². The maximum atomic E-state index is 12.8. The van der Waals surface area contributed by atoms with Crippen LogP contribution in [0.25, 0.3) is 0 Å². The van der Waals surface area contributed by atoms with Crippen LogP contribution in [-0.4, -0.2) is 46.0 Å². The molecule has 23 heavy (non-hydrogen) atoms. The number of rotatable bonds is 2. The van der Waals surface area contributed by atoms with Gasteiger partial charge in [0.05, 0.1) is 6.04 Å². The van der Waals surface area contributed by atoms with Crippen LogP contribution in [0.2, 0.25) is 0 Å². The van der Waals surface area contributed by atoms with Crippen LogP contribution in [0.15, 0.2) is 35.3 Å². The molecule has 0 saturated heterocycles. The molecule has 6 heteroatoms. The van der Waals surface area contributed by atoms with Gasteiger partial charge >= 0.3 is 0 Å². The molecular formula is C17H19N5O. The number of anilines is 1. The van der Waals surface area contributed by atoms with Crippen LogP contribution in [-0.2, 0) is 6.54 Å². The second-order valence-corrected chi connectivity index (χ2v) is 6.16. The summed E-state index contributed by atoms with van der Waals surface area (Å²) in [6, 6.07) is 10.3. The maximum Gasteiger partial charge on any atom is 0.280 e. The second kappa shape index (κ2) is 4.94. The van der Waals surface area contributed by atoms with Crippen molar-refractivity contribution in [1.29, 1.82) is 0 Å². The van der Waals surface area contributed by atoms with Gasteiger partial charge in [-0.2, -0.15) is 0 Å². The summed E-state index contributed by atoms with van der Waals surface area (Å²) in [6.07, 6.45) is 0. The molecule has 0 saturated carbocycles. The first-order chi connectivity index (χ1) is 11.1. The highest BCUT2D eigenvalue weighted by molar-refractivity contribution is 6.17. The monoisotopic (exact) mass is 309 g/mol. The van der Waals surface area contributed by atoms with Crippen LogP contribution in [0, 0.1) is 6.92 Å². The number of benzene rings is 1. The van der Waals surface area contributed by atoms with Gasteiger partial charge in [0, 0.05) is 20.1 Å². The molecule has 1 aromatic heterocycles. The van der Waals surface area contributed by atoms with Gasteiger partial charge in [0.15, 0.2) is 11.5 Å². The predicted molar refractivity (Wildman–Crippen MR) is 88.8 cm³/mol. The highest BCUT2D eigenvalue weighted by Crippen LogP contribution is 2.31. The van der Waals surface area contributed by atoms with Crippen LogP contribution in [0.3, 0.4) is 0 Å². The number of hydrogen-bond donors (Lipinski definition) is 0. The normalized spacial score (nSPS) is 19.7. The second-order valence-electron chi connectivity index (χ2n) is 6.16. The van der Waals surface area contributed by atoms with Crippen molar-refractivity contribution in [1.82, 2.24) is 14.5 Å². The molecule has 4 rings (SSSR count). The topological polar surface area (TPSA) is 53.7 Å². The molecule has 0 bridgehead atoms. The number of guanidine groups is 1. The Balaban J connectivity index is 1.82. The Morgan fingerprint density at radius 1 is 1.26 bits per heavy atom. The molecule has 1 atom stereocenters. The molecule has 0 N–H and O–H groups in total. The quantitative estimate of drug-likeness (QED) is 0.851. The molecule has 1 aromatic carbocycles. The van der Waals surface area contributed by atoms with E-state index in [-0.39, 0.29) is 11.9 Å². The van der Waals surface area contributed by atoms with E-state index in [4.69, 9.17) is 0 Å². The van der Waals surface area contributed by atoms with Gasteiger partial charge in [-0.15, -0.1) is 0 Å². The standard InChI is InChI=1S/C17H19N5O/c1-11-9-22-15-14(16(23)20(3)17(22)18-11)21(12(2)19-15)10-13-7-5-4-6-8-13/h4-8,11H,9-10H2,1-3H3/t11-/m1/s1. The number of fused-ring (bicyclic) bond motifs is 3. The van der Waals surface area contributed by atoms with Gasteiger partial charge in [-0.05, 0) is 19.4 Å². The van der Waals surface area contributed by atoms with Gasteiger partial charge in [0.25, 0.3) is 5.91 Å². The summed E-state index contributed by atoms with van der Waals surface area (Å²) >= 11 is 0. The zero-order valence-corrected chi connectivity index (χ0v) is 13.5. The van der Waals surface area contributed by atoms with E-state index in [0.717, 1.165) is 23.8 Å². The fourth-order valence-corrected chi connectivity index (χ4v) is 3.26. The molecule has 118 valence electrons. The molecule has 2 aromatic rings. The third-order valence-electron chi connectivity index (χ3n) is 4.41. The van der Waals surface area contributed by atoms with Crippen molar-refractivity contribution in [2.24, 2.45) is 4.99 Å². The molecule has 6 nitrogen and oxygen atoms in total. The summed E-state index contributed by atoms with van der Waals surface area (Å²) in [5.41, 5.74) is 1.81. The average Bonchev–Trinajstić information content (AvgIpc) is 3.07. The maximum absolute atomic E-state index is 12.8. The van der Waals surface area contributed by atoms with Crippen molar-refractivity contribution in [2.45, 2.75) is 26.4 Å². The number of nitrogens with zero attached hydrogens (tertiary/aromatic N) is 5. The van der Waals surface area contributed by atoms with Gasteiger partial charge in [0.1, 0.15) is 5.82 Å². The third kappa shape index (κ3) is 2.05. The number of aromatic nitrogens is 2. The fourth-order valence-electron chi connectivity index (χ4n) is 3.26. The van der Waals surface area contributed by atoms with E-state index >= 15 is 0 Å². The van der Waals surface area contributed by atoms with Gasteiger partial charge in [-0.3, -0.25) is 14.6 Å². The predicted octanol–water partition coefficient (Wildman–Crippen LogP) is 1.89. The number of amides is 1. The van der Waals surface area contributed by atoms with Crippen molar-refractivity contribution in [3.63, 3.8) is 0 Å². The Morgan fingerprint density at radius 3 is 2.74 bits per heavy atom. The van der Waals surface area contributed by atoms with E-state index in [9.17, 15) is 4.79 Å². The molecule has 0 aliphatic carbocycles. The number of carbonyl (C=O) groups is 1. The Bertz CT molecular complexity index is 808. The molecule has 0 unspecified atom stereocenters. The van der Waals surface area contributed by atoms with Crippen molar-refractivity contribution in [2.75, 3.05) is 18.5 Å². The molecule has 2 aliphatic rings. The summed E-state index contributed by atoms with van der Waals surface area (Å²) in [7, 11) is 1.78. The summed E-state index contributed by atoms with van der Waals surface area (Å²) in [5, 5.41) is 0. The first kappa shape index (κ1) is 14.0. The number of carbonyl (C=O) groups excluding carboxylic acids is 1. The molecule has 3 heterocycles.